The summed E-state index contributed by atoms with van der Waals surface area (Å²) in [5.74, 6) is 0.522. The maximum Gasteiger partial charge on any atom is 0.269 e. The highest BCUT2D eigenvalue weighted by Gasteiger charge is 2.20. The van der Waals surface area contributed by atoms with Crippen LogP contribution in [-0.4, -0.2) is 59.2 Å². The summed E-state index contributed by atoms with van der Waals surface area (Å²) >= 11 is 5.75. The van der Waals surface area contributed by atoms with Gasteiger partial charge in [0.25, 0.3) is 11.6 Å². The van der Waals surface area contributed by atoms with E-state index in [4.69, 9.17) is 11.6 Å². The van der Waals surface area contributed by atoms with E-state index in [0.717, 1.165) is 26.1 Å². The summed E-state index contributed by atoms with van der Waals surface area (Å²) < 4.78 is 0. The largest absolute Gasteiger partial charge is 0.337 e. The molecule has 0 atom stereocenters. The second-order valence-electron chi connectivity index (χ2n) is 4.98. The zero-order valence-electron chi connectivity index (χ0n) is 11.7. The van der Waals surface area contributed by atoms with Crippen molar-refractivity contribution in [3.05, 3.63) is 39.9 Å². The fourth-order valence-electron chi connectivity index (χ4n) is 2.43. The minimum absolute atomic E-state index is 0.00398. The Labute approximate surface area is 128 Å². The van der Waals surface area contributed by atoms with Gasteiger partial charge in [0.2, 0.25) is 0 Å². The molecule has 0 N–H and O–H groups in total. The van der Waals surface area contributed by atoms with Crippen molar-refractivity contribution in [3.8, 4) is 0 Å². The lowest BCUT2D eigenvalue weighted by Gasteiger charge is -2.21. The monoisotopic (exact) mass is 311 g/mol. The molecule has 0 aromatic heterocycles. The van der Waals surface area contributed by atoms with Crippen molar-refractivity contribution in [1.29, 1.82) is 0 Å². The van der Waals surface area contributed by atoms with E-state index in [1.807, 2.05) is 0 Å². The van der Waals surface area contributed by atoms with Crippen LogP contribution in [0.3, 0.4) is 0 Å². The van der Waals surface area contributed by atoms with E-state index in [-0.39, 0.29) is 11.6 Å². The molecule has 2 rings (SSSR count). The van der Waals surface area contributed by atoms with E-state index in [1.54, 1.807) is 4.90 Å². The number of halogens is 1. The van der Waals surface area contributed by atoms with Crippen molar-refractivity contribution in [3.63, 3.8) is 0 Å². The number of nitro benzene ring substituents is 1. The topological polar surface area (TPSA) is 66.7 Å². The molecule has 1 aliphatic heterocycles. The summed E-state index contributed by atoms with van der Waals surface area (Å²) in [7, 11) is 0. The van der Waals surface area contributed by atoms with E-state index < -0.39 is 4.92 Å². The van der Waals surface area contributed by atoms with Gasteiger partial charge in [0.1, 0.15) is 0 Å². The average Bonchev–Trinajstić information content (AvgIpc) is 2.73. The maximum absolute atomic E-state index is 12.4. The third-order valence-corrected chi connectivity index (χ3v) is 3.77. The van der Waals surface area contributed by atoms with Crippen molar-refractivity contribution < 1.29 is 9.72 Å². The van der Waals surface area contributed by atoms with Crippen molar-refractivity contribution >= 4 is 23.2 Å². The summed E-state index contributed by atoms with van der Waals surface area (Å²) in [4.78, 5) is 26.6. The number of nitro groups is 1. The van der Waals surface area contributed by atoms with Gasteiger partial charge < -0.3 is 9.80 Å². The van der Waals surface area contributed by atoms with E-state index in [1.165, 1.54) is 24.3 Å². The van der Waals surface area contributed by atoms with Gasteiger partial charge in [0, 0.05) is 49.8 Å². The number of hydrogen-bond donors (Lipinski definition) is 0. The van der Waals surface area contributed by atoms with Gasteiger partial charge in [-0.2, -0.15) is 0 Å². The molecule has 0 aliphatic carbocycles. The molecule has 21 heavy (non-hydrogen) atoms. The molecule has 0 unspecified atom stereocenters. The van der Waals surface area contributed by atoms with Gasteiger partial charge in [-0.1, -0.05) is 0 Å². The van der Waals surface area contributed by atoms with Crippen LogP contribution in [0.15, 0.2) is 24.3 Å². The van der Waals surface area contributed by atoms with Gasteiger partial charge in [-0.3, -0.25) is 14.9 Å². The Hall–Kier alpha value is -1.66. The minimum atomic E-state index is -0.468. The molecule has 0 saturated carbocycles. The number of alkyl halides is 1. The van der Waals surface area contributed by atoms with Crippen molar-refractivity contribution in [2.24, 2.45) is 0 Å². The van der Waals surface area contributed by atoms with Crippen LogP contribution in [-0.2, 0) is 0 Å². The summed E-state index contributed by atoms with van der Waals surface area (Å²) in [6, 6.07) is 5.76. The van der Waals surface area contributed by atoms with Crippen LogP contribution in [0, 0.1) is 10.1 Å². The van der Waals surface area contributed by atoms with Gasteiger partial charge in [-0.05, 0) is 25.1 Å². The summed E-state index contributed by atoms with van der Waals surface area (Å²) in [5, 5.41) is 10.6. The molecule has 1 amide bonds. The summed E-state index contributed by atoms with van der Waals surface area (Å²) in [6.45, 7) is 3.95. The second kappa shape index (κ2) is 7.38. The number of nitrogens with zero attached hydrogens (tertiary/aromatic N) is 3. The average molecular weight is 312 g/mol. The van der Waals surface area contributed by atoms with Crippen molar-refractivity contribution in [1.82, 2.24) is 9.80 Å². The normalized spacial score (nSPS) is 16.5. The van der Waals surface area contributed by atoms with Crippen LogP contribution in [0.2, 0.25) is 0 Å². The quantitative estimate of drug-likeness (QED) is 0.484. The zero-order chi connectivity index (χ0) is 15.2. The molecule has 0 radical (unpaired) electrons. The van der Waals surface area contributed by atoms with Gasteiger partial charge in [-0.15, -0.1) is 11.6 Å². The molecule has 0 bridgehead atoms. The van der Waals surface area contributed by atoms with E-state index in [0.29, 0.717) is 24.5 Å². The number of carbonyl (C=O) groups excluding carboxylic acids is 1. The molecule has 1 aromatic carbocycles. The van der Waals surface area contributed by atoms with Crippen LogP contribution in [0.25, 0.3) is 0 Å². The van der Waals surface area contributed by atoms with E-state index >= 15 is 0 Å². The lowest BCUT2D eigenvalue weighted by molar-refractivity contribution is -0.384. The Morgan fingerprint density at radius 1 is 1.19 bits per heavy atom. The molecular formula is C14H18ClN3O3. The molecule has 0 spiro atoms. The first kappa shape index (κ1) is 15.7. The predicted octanol–water partition coefficient (Wildman–Crippen LogP) is 1.98. The first-order chi connectivity index (χ1) is 10.1. The number of carbonyl (C=O) groups is 1. The molecule has 1 aliphatic rings. The zero-order valence-corrected chi connectivity index (χ0v) is 12.5. The van der Waals surface area contributed by atoms with Crippen LogP contribution in [0.5, 0.6) is 0 Å². The Bertz CT molecular complexity index is 507. The standard InChI is InChI=1S/C14H18ClN3O3/c15-6-9-16-7-1-8-17(11-10-16)14(19)12-2-4-13(5-3-12)18(20)21/h2-5H,1,6-11H2. The fourth-order valence-corrected chi connectivity index (χ4v) is 2.66. The SMILES string of the molecule is O=C(c1ccc([N+](=O)[O-])cc1)N1CCCN(CCCl)CC1. The van der Waals surface area contributed by atoms with Gasteiger partial charge in [-0.25, -0.2) is 0 Å². The van der Waals surface area contributed by atoms with E-state index in [9.17, 15) is 14.9 Å². The first-order valence-electron chi connectivity index (χ1n) is 6.94. The molecule has 1 saturated heterocycles. The Morgan fingerprint density at radius 3 is 2.52 bits per heavy atom. The second-order valence-corrected chi connectivity index (χ2v) is 5.36. The highest BCUT2D eigenvalue weighted by molar-refractivity contribution is 6.18. The van der Waals surface area contributed by atoms with Crippen LogP contribution in [0.4, 0.5) is 5.69 Å². The summed E-state index contributed by atoms with van der Waals surface area (Å²) in [5.41, 5.74) is 0.488. The Balaban J connectivity index is 2.00. The third-order valence-electron chi connectivity index (χ3n) is 3.60. The maximum atomic E-state index is 12.4. The lowest BCUT2D eigenvalue weighted by Crippen LogP contribution is -2.35. The van der Waals surface area contributed by atoms with Crippen molar-refractivity contribution in [2.75, 3.05) is 38.6 Å². The molecule has 114 valence electrons. The van der Waals surface area contributed by atoms with Crippen LogP contribution in [0.1, 0.15) is 16.8 Å². The smallest absolute Gasteiger partial charge is 0.269 e. The lowest BCUT2D eigenvalue weighted by atomic mass is 10.2. The predicted molar refractivity (Wildman–Crippen MR) is 80.8 cm³/mol. The van der Waals surface area contributed by atoms with Gasteiger partial charge in [0.05, 0.1) is 4.92 Å². The molecule has 6 nitrogen and oxygen atoms in total. The Morgan fingerprint density at radius 2 is 1.90 bits per heavy atom. The highest BCUT2D eigenvalue weighted by Crippen LogP contribution is 2.14. The molecule has 1 heterocycles. The van der Waals surface area contributed by atoms with Crippen LogP contribution < -0.4 is 0 Å². The fraction of sp³-hybridized carbons (Fsp3) is 0.500. The number of rotatable bonds is 4. The van der Waals surface area contributed by atoms with Crippen LogP contribution >= 0.6 is 11.6 Å². The molecule has 7 heteroatoms. The minimum Gasteiger partial charge on any atom is -0.337 e. The number of non-ortho nitro benzene ring substituents is 1. The number of amides is 1. The highest BCUT2D eigenvalue weighted by atomic mass is 35.5. The number of benzene rings is 1. The Kier molecular flexibility index (Phi) is 5.52. The van der Waals surface area contributed by atoms with Gasteiger partial charge in [0.15, 0.2) is 0 Å². The van der Waals surface area contributed by atoms with Gasteiger partial charge >= 0.3 is 0 Å². The van der Waals surface area contributed by atoms with E-state index in [2.05, 4.69) is 4.90 Å². The third kappa shape index (κ3) is 4.15. The molecular weight excluding hydrogens is 294 g/mol. The molecule has 1 fully saturated rings. The summed E-state index contributed by atoms with van der Waals surface area (Å²) in [6.07, 6.45) is 0.912. The number of hydrogen-bond acceptors (Lipinski definition) is 4. The molecule has 1 aromatic rings. The van der Waals surface area contributed by atoms with Crippen molar-refractivity contribution in [2.45, 2.75) is 6.42 Å². The first-order valence-corrected chi connectivity index (χ1v) is 7.47.